The van der Waals surface area contributed by atoms with Crippen molar-refractivity contribution in [3.05, 3.63) is 71.8 Å². The maximum Gasteiger partial charge on any atom is 0.305 e. The Morgan fingerprint density at radius 1 is 0.733 bits per heavy atom. The summed E-state index contributed by atoms with van der Waals surface area (Å²) in [5.74, 6) is -0.0593. The zero-order chi connectivity index (χ0) is 22.5. The van der Waals surface area contributed by atoms with Gasteiger partial charge in [0.15, 0.2) is 0 Å². The van der Waals surface area contributed by atoms with Gasteiger partial charge in [0.2, 0.25) is 0 Å². The second-order valence-corrected chi connectivity index (χ2v) is 8.18. The molecule has 2 aromatic carbocycles. The lowest BCUT2D eigenvalue weighted by molar-refractivity contribution is -0.410. The van der Waals surface area contributed by atoms with E-state index in [1.165, 1.54) is 0 Å². The van der Waals surface area contributed by atoms with E-state index in [0.717, 1.165) is 30.4 Å². The van der Waals surface area contributed by atoms with E-state index in [1.54, 1.807) is 0 Å². The van der Waals surface area contributed by atoms with E-state index in [0.29, 0.717) is 13.0 Å². The summed E-state index contributed by atoms with van der Waals surface area (Å²) in [4.78, 5) is 22.2. The highest BCUT2D eigenvalue weighted by Gasteiger charge is 2.29. The lowest BCUT2D eigenvalue weighted by atomic mass is 9.98. The predicted octanol–water partition coefficient (Wildman–Crippen LogP) is 6.94. The van der Waals surface area contributed by atoms with Crippen molar-refractivity contribution in [3.8, 4) is 0 Å². The van der Waals surface area contributed by atoms with Crippen molar-refractivity contribution in [2.45, 2.75) is 78.4 Å². The lowest BCUT2D eigenvalue weighted by Gasteiger charge is -2.31. The molecule has 0 saturated heterocycles. The number of hydrogen-bond acceptors (Lipinski definition) is 4. The Kier molecular flexibility index (Phi) is 11.4. The zero-order valence-electron chi connectivity index (χ0n) is 19.4. The van der Waals surface area contributed by atoms with Gasteiger partial charge in [0.1, 0.15) is 11.2 Å². The Labute approximate surface area is 182 Å². The summed E-state index contributed by atoms with van der Waals surface area (Å²) < 4.78 is 4.75. The quantitative estimate of drug-likeness (QED) is 0.183. The van der Waals surface area contributed by atoms with Crippen LogP contribution in [0, 0.1) is 0 Å². The number of carbonyl (C=O) groups excluding carboxylic acids is 1. The van der Waals surface area contributed by atoms with Gasteiger partial charge in [0.25, 0.3) is 0 Å². The van der Waals surface area contributed by atoms with Crippen LogP contribution in [0.3, 0.4) is 0 Å². The summed E-state index contributed by atoms with van der Waals surface area (Å²) in [6.45, 7) is 12.5. The molecule has 0 aliphatic heterocycles. The minimum absolute atomic E-state index is 0.0593. The molecule has 0 amide bonds. The number of ether oxygens (including phenoxy) is 1. The number of unbranched alkanes of at least 4 members (excludes halogenated alkanes) is 2. The van der Waals surface area contributed by atoms with Crippen molar-refractivity contribution in [3.63, 3.8) is 0 Å². The molecule has 0 fully saturated rings. The fourth-order valence-electron chi connectivity index (χ4n) is 2.74. The van der Waals surface area contributed by atoms with Crippen molar-refractivity contribution in [1.29, 1.82) is 0 Å². The van der Waals surface area contributed by atoms with E-state index in [-0.39, 0.29) is 5.97 Å². The smallest absolute Gasteiger partial charge is 0.305 e. The first-order chi connectivity index (χ1) is 14.2. The molecule has 4 nitrogen and oxygen atoms in total. The molecule has 0 atom stereocenters. The average Bonchev–Trinajstić information content (AvgIpc) is 2.75. The van der Waals surface area contributed by atoms with E-state index < -0.39 is 11.2 Å². The first-order valence-electron chi connectivity index (χ1n) is 10.9. The van der Waals surface area contributed by atoms with Crippen LogP contribution in [0.4, 0.5) is 0 Å². The van der Waals surface area contributed by atoms with Crippen LogP contribution in [-0.4, -0.2) is 12.6 Å². The summed E-state index contributed by atoms with van der Waals surface area (Å²) in [6, 6.07) is 20.2. The Morgan fingerprint density at radius 3 is 1.53 bits per heavy atom. The molecular weight excluding hydrogens is 376 g/mol. The van der Waals surface area contributed by atoms with Gasteiger partial charge < -0.3 is 4.74 Å². The molecule has 0 aliphatic carbocycles. The lowest BCUT2D eigenvalue weighted by Crippen LogP contribution is -2.29. The third-order valence-corrected chi connectivity index (χ3v) is 4.69. The van der Waals surface area contributed by atoms with E-state index in [2.05, 4.69) is 6.92 Å². The third-order valence-electron chi connectivity index (χ3n) is 4.69. The van der Waals surface area contributed by atoms with Crippen LogP contribution in [0.25, 0.3) is 0 Å². The molecule has 0 N–H and O–H groups in total. The monoisotopic (exact) mass is 414 g/mol. The van der Waals surface area contributed by atoms with Gasteiger partial charge in [0.05, 0.1) is 6.61 Å². The number of carbonyl (C=O) groups is 1. The van der Waals surface area contributed by atoms with Gasteiger partial charge in [-0.2, -0.15) is 0 Å². The summed E-state index contributed by atoms with van der Waals surface area (Å²) >= 11 is 0. The van der Waals surface area contributed by atoms with Crippen LogP contribution in [0.1, 0.15) is 78.4 Å². The average molecular weight is 415 g/mol. The van der Waals surface area contributed by atoms with Crippen LogP contribution in [0.2, 0.25) is 0 Å². The fraction of sp³-hybridized carbons (Fsp3) is 0.500. The molecule has 166 valence electrons. The molecule has 0 bridgehead atoms. The van der Waals surface area contributed by atoms with Crippen molar-refractivity contribution in [1.82, 2.24) is 0 Å². The van der Waals surface area contributed by atoms with Crippen molar-refractivity contribution in [2.24, 2.45) is 0 Å². The highest BCUT2D eigenvalue weighted by atomic mass is 17.2. The molecule has 0 saturated carbocycles. The topological polar surface area (TPSA) is 44.8 Å². The van der Waals surface area contributed by atoms with Crippen molar-refractivity contribution < 1.29 is 19.3 Å². The molecule has 0 heterocycles. The van der Waals surface area contributed by atoms with Gasteiger partial charge >= 0.3 is 5.97 Å². The molecule has 0 unspecified atom stereocenters. The summed E-state index contributed by atoms with van der Waals surface area (Å²) in [7, 11) is 0. The van der Waals surface area contributed by atoms with E-state index >= 15 is 0 Å². The largest absolute Gasteiger partial charge is 0.466 e. The van der Waals surface area contributed by atoms with Crippen molar-refractivity contribution in [2.75, 3.05) is 6.61 Å². The summed E-state index contributed by atoms with van der Waals surface area (Å²) in [5, 5.41) is 0. The highest BCUT2D eigenvalue weighted by Crippen LogP contribution is 2.31. The molecule has 0 radical (unpaired) electrons. The molecule has 2 aromatic rings. The Hall–Kier alpha value is -2.17. The van der Waals surface area contributed by atoms with Gasteiger partial charge in [-0.1, -0.05) is 80.4 Å². The second kappa shape index (κ2) is 13.2. The second-order valence-electron chi connectivity index (χ2n) is 8.18. The van der Waals surface area contributed by atoms with E-state index in [9.17, 15) is 4.79 Å². The predicted molar refractivity (Wildman–Crippen MR) is 122 cm³/mol. The third kappa shape index (κ3) is 9.55. The summed E-state index contributed by atoms with van der Waals surface area (Å²) in [6.07, 6.45) is 3.83. The normalized spacial score (nSPS) is 11.4. The highest BCUT2D eigenvalue weighted by molar-refractivity contribution is 5.69. The number of rotatable bonds is 10. The zero-order valence-corrected chi connectivity index (χ0v) is 19.4. The summed E-state index contributed by atoms with van der Waals surface area (Å²) in [5.41, 5.74) is 1.19. The minimum Gasteiger partial charge on any atom is -0.466 e. The molecule has 4 heteroatoms. The van der Waals surface area contributed by atoms with Crippen LogP contribution in [-0.2, 0) is 30.5 Å². The maximum absolute atomic E-state index is 10.7. The van der Waals surface area contributed by atoms with Gasteiger partial charge in [-0.15, -0.1) is 0 Å². The molecular formula is C26H38O4. The van der Waals surface area contributed by atoms with Crippen LogP contribution in [0.5, 0.6) is 0 Å². The maximum atomic E-state index is 10.7. The van der Waals surface area contributed by atoms with Gasteiger partial charge in [0, 0.05) is 6.42 Å². The Bertz CT molecular complexity index is 657. The number of benzene rings is 2. The fourth-order valence-corrected chi connectivity index (χ4v) is 2.74. The number of esters is 1. The van der Waals surface area contributed by atoms with Gasteiger partial charge in [-0.25, -0.2) is 9.78 Å². The van der Waals surface area contributed by atoms with Crippen LogP contribution < -0.4 is 0 Å². The first kappa shape index (κ1) is 25.9. The van der Waals surface area contributed by atoms with Crippen LogP contribution >= 0.6 is 0 Å². The van der Waals surface area contributed by atoms with Crippen LogP contribution in [0.15, 0.2) is 60.7 Å². The van der Waals surface area contributed by atoms with E-state index in [4.69, 9.17) is 14.5 Å². The van der Waals surface area contributed by atoms with Crippen molar-refractivity contribution >= 4 is 5.97 Å². The molecule has 2 rings (SSSR count). The molecule has 0 aromatic heterocycles. The molecule has 0 aliphatic rings. The Balaban J connectivity index is 0.000000382. The standard InChI is InChI=1S/C18H22O2.C8H16O2/c1-17(2,15-11-7-5-8-12-15)19-20-18(3,4)16-13-9-6-10-14-16;1-3-5-6-7-8(9)10-4-2/h5-14H,1-4H3;3-7H2,1-2H3. The van der Waals surface area contributed by atoms with Gasteiger partial charge in [-0.3, -0.25) is 4.79 Å². The SMILES string of the molecule is CC(C)(OOC(C)(C)c1ccccc1)c1ccccc1.CCCCCC(=O)OCC. The first-order valence-corrected chi connectivity index (χ1v) is 10.9. The molecule has 0 spiro atoms. The van der Waals surface area contributed by atoms with Gasteiger partial charge in [-0.05, 0) is 52.2 Å². The minimum atomic E-state index is -0.493. The Morgan fingerprint density at radius 2 is 1.17 bits per heavy atom. The molecule has 30 heavy (non-hydrogen) atoms. The number of hydrogen-bond donors (Lipinski definition) is 0. The van der Waals surface area contributed by atoms with E-state index in [1.807, 2.05) is 95.3 Å².